The van der Waals surface area contributed by atoms with Gasteiger partial charge in [0.05, 0.1) is 6.26 Å². The lowest BCUT2D eigenvalue weighted by Crippen LogP contribution is -2.67. The van der Waals surface area contributed by atoms with Gasteiger partial charge in [0, 0.05) is 38.4 Å². The average molecular weight is 372 g/mol. The fraction of sp³-hybridized carbons (Fsp3) is 0.450. The van der Waals surface area contributed by atoms with Gasteiger partial charge >= 0.3 is 5.97 Å². The smallest absolute Gasteiger partial charge is 0.303 e. The standard InChI is InChI=1S/C20H24N2O5/c1-14(23)22-10-8-20(22,2)19(26)21(9-3-4-18(24)25)13-15-5-6-16-7-11-27-17(16)12-15/h5-7,11-12H,3-4,8-10,13H2,1-2H3,(H,24,25). The van der Waals surface area contributed by atoms with Crippen LogP contribution in [0.15, 0.2) is 34.9 Å². The number of carbonyl (C=O) groups excluding carboxylic acids is 2. The zero-order valence-electron chi connectivity index (χ0n) is 15.6. The van der Waals surface area contributed by atoms with Crippen LogP contribution in [0, 0.1) is 0 Å². The molecule has 1 aliphatic heterocycles. The van der Waals surface area contributed by atoms with Crippen molar-refractivity contribution in [1.29, 1.82) is 0 Å². The molecule has 0 aliphatic carbocycles. The number of fused-ring (bicyclic) bond motifs is 1. The highest BCUT2D eigenvalue weighted by Gasteiger charge is 2.49. The van der Waals surface area contributed by atoms with Gasteiger partial charge in [0.25, 0.3) is 0 Å². The van der Waals surface area contributed by atoms with E-state index in [1.54, 1.807) is 23.0 Å². The van der Waals surface area contributed by atoms with Crippen molar-refractivity contribution < 1.29 is 23.9 Å². The average Bonchev–Trinajstić information content (AvgIpc) is 3.05. The van der Waals surface area contributed by atoms with Gasteiger partial charge in [-0.2, -0.15) is 0 Å². The Morgan fingerprint density at radius 3 is 2.70 bits per heavy atom. The minimum Gasteiger partial charge on any atom is -0.481 e. The molecule has 1 saturated heterocycles. The molecule has 1 unspecified atom stereocenters. The van der Waals surface area contributed by atoms with Gasteiger partial charge in [-0.15, -0.1) is 0 Å². The number of amides is 2. The van der Waals surface area contributed by atoms with E-state index in [4.69, 9.17) is 9.52 Å². The Labute approximate surface area is 157 Å². The Bertz CT molecular complexity index is 874. The predicted molar refractivity (Wildman–Crippen MR) is 98.9 cm³/mol. The number of benzene rings is 1. The van der Waals surface area contributed by atoms with E-state index in [1.165, 1.54) is 6.92 Å². The van der Waals surface area contributed by atoms with E-state index >= 15 is 0 Å². The first-order valence-corrected chi connectivity index (χ1v) is 9.07. The van der Waals surface area contributed by atoms with Crippen LogP contribution >= 0.6 is 0 Å². The minimum absolute atomic E-state index is 0.00582. The van der Waals surface area contributed by atoms with Crippen LogP contribution in [0.3, 0.4) is 0 Å². The molecule has 7 heteroatoms. The van der Waals surface area contributed by atoms with E-state index < -0.39 is 11.5 Å². The number of carbonyl (C=O) groups is 3. The summed E-state index contributed by atoms with van der Waals surface area (Å²) in [6.45, 7) is 4.47. The SMILES string of the molecule is CC(=O)N1CCC1(C)C(=O)N(CCCC(=O)O)Cc1ccc2ccoc2c1. The molecule has 1 N–H and O–H groups in total. The fourth-order valence-corrected chi connectivity index (χ4v) is 3.62. The molecule has 1 aromatic heterocycles. The molecule has 7 nitrogen and oxygen atoms in total. The zero-order chi connectivity index (χ0) is 19.6. The van der Waals surface area contributed by atoms with Crippen molar-refractivity contribution in [2.75, 3.05) is 13.1 Å². The maximum Gasteiger partial charge on any atom is 0.303 e. The minimum atomic E-state index is -0.889. The highest BCUT2D eigenvalue weighted by molar-refractivity contribution is 5.92. The van der Waals surface area contributed by atoms with Gasteiger partial charge in [-0.3, -0.25) is 14.4 Å². The van der Waals surface area contributed by atoms with Crippen LogP contribution < -0.4 is 0 Å². The molecular weight excluding hydrogens is 348 g/mol. The third kappa shape index (κ3) is 3.82. The van der Waals surface area contributed by atoms with Gasteiger partial charge in [-0.1, -0.05) is 12.1 Å². The number of hydrogen-bond donors (Lipinski definition) is 1. The van der Waals surface area contributed by atoms with Crippen LogP contribution in [0.2, 0.25) is 0 Å². The first kappa shape index (κ1) is 18.9. The number of rotatable bonds is 7. The summed E-state index contributed by atoms with van der Waals surface area (Å²) in [5.41, 5.74) is 0.785. The normalized spacial score (nSPS) is 19.0. The number of carboxylic acids is 1. The highest BCUT2D eigenvalue weighted by Crippen LogP contribution is 2.33. The number of carboxylic acid groups (broad SMARTS) is 1. The fourth-order valence-electron chi connectivity index (χ4n) is 3.62. The van der Waals surface area contributed by atoms with Crippen LogP contribution in [0.5, 0.6) is 0 Å². The summed E-state index contributed by atoms with van der Waals surface area (Å²) >= 11 is 0. The molecule has 144 valence electrons. The summed E-state index contributed by atoms with van der Waals surface area (Å²) in [6, 6.07) is 7.62. The maximum atomic E-state index is 13.2. The van der Waals surface area contributed by atoms with Crippen LogP contribution in [-0.4, -0.2) is 51.3 Å². The van der Waals surface area contributed by atoms with Gasteiger partial charge in [0.2, 0.25) is 11.8 Å². The van der Waals surface area contributed by atoms with E-state index in [2.05, 4.69) is 0 Å². The number of likely N-dealkylation sites (tertiary alicyclic amines) is 1. The zero-order valence-corrected chi connectivity index (χ0v) is 15.6. The maximum absolute atomic E-state index is 13.2. The number of aliphatic carboxylic acids is 1. The molecule has 0 bridgehead atoms. The van der Waals surface area contributed by atoms with Crippen LogP contribution in [0.1, 0.15) is 38.7 Å². The summed E-state index contributed by atoms with van der Waals surface area (Å²) in [6.07, 6.45) is 2.58. The van der Waals surface area contributed by atoms with E-state index in [1.807, 2.05) is 24.3 Å². The monoisotopic (exact) mass is 372 g/mol. The molecule has 1 fully saturated rings. The summed E-state index contributed by atoms with van der Waals surface area (Å²) in [5.74, 6) is -1.16. The Morgan fingerprint density at radius 2 is 2.07 bits per heavy atom. The summed E-state index contributed by atoms with van der Waals surface area (Å²) in [4.78, 5) is 39.1. The largest absolute Gasteiger partial charge is 0.481 e. The molecular formula is C20H24N2O5. The Kier molecular flexibility index (Phi) is 5.21. The molecule has 0 saturated carbocycles. The van der Waals surface area contributed by atoms with Crippen molar-refractivity contribution in [3.63, 3.8) is 0 Å². The lowest BCUT2D eigenvalue weighted by atomic mass is 9.84. The first-order chi connectivity index (χ1) is 12.8. The third-order valence-electron chi connectivity index (χ3n) is 5.26. The molecule has 1 atom stereocenters. The second-order valence-electron chi connectivity index (χ2n) is 7.21. The number of furan rings is 1. The van der Waals surface area contributed by atoms with E-state index in [-0.39, 0.29) is 18.2 Å². The molecule has 3 rings (SSSR count). The lowest BCUT2D eigenvalue weighted by Gasteiger charge is -2.50. The molecule has 0 spiro atoms. The van der Waals surface area contributed by atoms with E-state index in [0.29, 0.717) is 32.5 Å². The molecule has 27 heavy (non-hydrogen) atoms. The van der Waals surface area contributed by atoms with Gasteiger partial charge in [0.1, 0.15) is 11.1 Å². The predicted octanol–water partition coefficient (Wildman–Crippen LogP) is 2.64. The van der Waals surface area contributed by atoms with E-state index in [9.17, 15) is 14.4 Å². The third-order valence-corrected chi connectivity index (χ3v) is 5.26. The Morgan fingerprint density at radius 1 is 1.30 bits per heavy atom. The van der Waals surface area contributed by atoms with Crippen molar-refractivity contribution >= 4 is 28.8 Å². The summed E-state index contributed by atoms with van der Waals surface area (Å²) in [7, 11) is 0. The topological polar surface area (TPSA) is 91.1 Å². The molecule has 0 radical (unpaired) electrons. The lowest BCUT2D eigenvalue weighted by molar-refractivity contribution is -0.163. The summed E-state index contributed by atoms with van der Waals surface area (Å²) < 4.78 is 5.43. The molecule has 2 aromatic rings. The molecule has 2 heterocycles. The second-order valence-corrected chi connectivity index (χ2v) is 7.21. The number of nitrogens with zero attached hydrogens (tertiary/aromatic N) is 2. The van der Waals surface area contributed by atoms with Crippen molar-refractivity contribution in [2.24, 2.45) is 0 Å². The van der Waals surface area contributed by atoms with Gasteiger partial charge in [-0.25, -0.2) is 0 Å². The quantitative estimate of drug-likeness (QED) is 0.807. The van der Waals surface area contributed by atoms with Gasteiger partial charge in [-0.05, 0) is 37.5 Å². The van der Waals surface area contributed by atoms with Gasteiger partial charge in [0.15, 0.2) is 0 Å². The molecule has 2 amide bonds. The first-order valence-electron chi connectivity index (χ1n) is 9.07. The second kappa shape index (κ2) is 7.42. The molecule has 1 aromatic carbocycles. The Balaban J connectivity index is 1.80. The van der Waals surface area contributed by atoms with Crippen LogP contribution in [-0.2, 0) is 20.9 Å². The van der Waals surface area contributed by atoms with E-state index in [0.717, 1.165) is 16.5 Å². The number of hydrogen-bond acceptors (Lipinski definition) is 4. The van der Waals surface area contributed by atoms with Crippen molar-refractivity contribution in [3.05, 3.63) is 36.1 Å². The molecule has 1 aliphatic rings. The van der Waals surface area contributed by atoms with Crippen molar-refractivity contribution in [1.82, 2.24) is 9.80 Å². The van der Waals surface area contributed by atoms with Gasteiger partial charge < -0.3 is 19.3 Å². The van der Waals surface area contributed by atoms with Crippen molar-refractivity contribution in [2.45, 2.75) is 45.2 Å². The summed E-state index contributed by atoms with van der Waals surface area (Å²) in [5, 5.41) is 9.90. The van der Waals surface area contributed by atoms with Crippen LogP contribution in [0.25, 0.3) is 11.0 Å². The van der Waals surface area contributed by atoms with Crippen molar-refractivity contribution in [3.8, 4) is 0 Å². The highest BCUT2D eigenvalue weighted by atomic mass is 16.4. The van der Waals surface area contributed by atoms with Crippen LogP contribution in [0.4, 0.5) is 0 Å². The Hall–Kier alpha value is -2.83.